The van der Waals surface area contributed by atoms with Crippen molar-refractivity contribution in [3.05, 3.63) is 133 Å². The molecule has 0 atom stereocenters. The third kappa shape index (κ3) is 4.65. The molecule has 0 amide bonds. The molecule has 0 unspecified atom stereocenters. The number of ether oxygens (including phenoxy) is 4. The van der Waals surface area contributed by atoms with E-state index in [9.17, 15) is 0 Å². The van der Waals surface area contributed by atoms with E-state index >= 15 is 0 Å². The monoisotopic (exact) mass is 871 g/mol. The first-order valence-electron chi connectivity index (χ1n) is 17.2. The summed E-state index contributed by atoms with van der Waals surface area (Å²) in [6.07, 6.45) is 3.63. The molecule has 0 aliphatic carbocycles. The number of pyridine rings is 2. The van der Waals surface area contributed by atoms with E-state index in [0.717, 1.165) is 39.0 Å². The van der Waals surface area contributed by atoms with Crippen molar-refractivity contribution in [3.8, 4) is 63.1 Å². The number of fused-ring (bicyclic) bond motifs is 3. The van der Waals surface area contributed by atoms with Crippen LogP contribution in [0.1, 0.15) is 26.3 Å². The first kappa shape index (κ1) is 31.6. The molecule has 0 bridgehead atoms. The van der Waals surface area contributed by atoms with Crippen molar-refractivity contribution in [2.24, 2.45) is 0 Å². The third-order valence-corrected chi connectivity index (χ3v) is 9.87. The third-order valence-electron chi connectivity index (χ3n) is 9.87. The molecule has 53 heavy (non-hydrogen) atoms. The van der Waals surface area contributed by atoms with Gasteiger partial charge in [-0.3, -0.25) is 0 Å². The van der Waals surface area contributed by atoms with E-state index in [1.807, 2.05) is 72.9 Å². The van der Waals surface area contributed by atoms with Crippen molar-refractivity contribution in [1.29, 1.82) is 0 Å². The number of aromatic nitrogens is 3. The maximum Gasteiger partial charge on any atom is 2.00 e. The van der Waals surface area contributed by atoms with Gasteiger partial charge in [-0.15, -0.1) is 17.5 Å². The molecule has 3 aliphatic rings. The van der Waals surface area contributed by atoms with Crippen LogP contribution in [-0.2, 0) is 26.5 Å². The van der Waals surface area contributed by atoms with Gasteiger partial charge in [0.25, 0.3) is 0 Å². The van der Waals surface area contributed by atoms with Crippen LogP contribution in [0, 0.1) is 12.1 Å². The fraction of sp³-hybridized carbons (Fsp3) is 0.0909. The van der Waals surface area contributed by atoms with Crippen LogP contribution < -0.4 is 23.8 Å². The van der Waals surface area contributed by atoms with Gasteiger partial charge in [0.05, 0.1) is 17.2 Å². The Hall–Kier alpha value is -6.11. The standard InChI is InChI=1S/C44H28N4O4.Pt/c1-44(2,3)25-19-21-46-38(22-25)47-31-12-5-4-10-27(31)28-18-17-26(23-32(28)47)49-37-24-29(30-11-6-7-20-45-30)42-41-43(37)52-36-16-9-14-34-40(36)48(41)39-33(50-34)13-8-15-35(39)51-42;/h4-22H,1-3H3;/q-2;+2. The molecule has 6 heterocycles. The van der Waals surface area contributed by atoms with Gasteiger partial charge < -0.3 is 33.4 Å². The average molecular weight is 872 g/mol. The zero-order valence-electron chi connectivity index (χ0n) is 28.7. The Balaban J connectivity index is 0.00000349. The van der Waals surface area contributed by atoms with Gasteiger partial charge in [-0.05, 0) is 70.6 Å². The minimum atomic E-state index is -0.0473. The smallest absolute Gasteiger partial charge is 0.499 e. The van der Waals surface area contributed by atoms with Crippen LogP contribution in [-0.4, -0.2) is 14.5 Å². The molecule has 3 aliphatic heterocycles. The summed E-state index contributed by atoms with van der Waals surface area (Å²) in [4.78, 5) is 11.7. The van der Waals surface area contributed by atoms with Crippen LogP contribution in [0.4, 0.5) is 17.1 Å². The summed E-state index contributed by atoms with van der Waals surface area (Å²) in [5.74, 6) is 5.38. The Bertz CT molecular complexity index is 2790. The molecule has 0 saturated carbocycles. The van der Waals surface area contributed by atoms with Gasteiger partial charge in [-0.25, -0.2) is 4.98 Å². The van der Waals surface area contributed by atoms with Crippen LogP contribution >= 0.6 is 0 Å². The van der Waals surface area contributed by atoms with Crippen LogP contribution in [0.15, 0.2) is 116 Å². The van der Waals surface area contributed by atoms with E-state index in [1.165, 1.54) is 5.56 Å². The molecule has 0 spiro atoms. The zero-order chi connectivity index (χ0) is 34.7. The first-order valence-corrected chi connectivity index (χ1v) is 17.2. The van der Waals surface area contributed by atoms with E-state index in [2.05, 4.69) is 78.8 Å². The predicted molar refractivity (Wildman–Crippen MR) is 200 cm³/mol. The van der Waals surface area contributed by atoms with E-state index in [1.54, 1.807) is 6.20 Å². The number of anilines is 3. The van der Waals surface area contributed by atoms with Crippen molar-refractivity contribution in [1.82, 2.24) is 14.5 Å². The second kappa shape index (κ2) is 11.4. The predicted octanol–water partition coefficient (Wildman–Crippen LogP) is 11.7. The molecule has 5 aromatic carbocycles. The molecule has 11 rings (SSSR count). The molecule has 0 saturated heterocycles. The maximum atomic E-state index is 6.82. The Labute approximate surface area is 319 Å². The largest absolute Gasteiger partial charge is 2.00 e. The summed E-state index contributed by atoms with van der Waals surface area (Å²) in [6, 6.07) is 41.1. The number of hydrogen-bond donors (Lipinski definition) is 0. The Morgan fingerprint density at radius 3 is 2.09 bits per heavy atom. The van der Waals surface area contributed by atoms with Gasteiger partial charge >= 0.3 is 21.1 Å². The number of benzene rings is 5. The van der Waals surface area contributed by atoms with Crippen LogP contribution in [0.5, 0.6) is 46.0 Å². The molecule has 8 aromatic rings. The Morgan fingerprint density at radius 1 is 0.642 bits per heavy atom. The van der Waals surface area contributed by atoms with Crippen molar-refractivity contribution >= 4 is 38.9 Å². The summed E-state index contributed by atoms with van der Waals surface area (Å²) in [5, 5.41) is 2.14. The molecule has 3 aromatic heterocycles. The van der Waals surface area contributed by atoms with Crippen LogP contribution in [0.3, 0.4) is 0 Å². The number of rotatable bonds is 4. The number of nitrogens with zero attached hydrogens (tertiary/aromatic N) is 4. The van der Waals surface area contributed by atoms with Gasteiger partial charge in [0.15, 0.2) is 11.5 Å². The molecule has 0 N–H and O–H groups in total. The van der Waals surface area contributed by atoms with E-state index < -0.39 is 0 Å². The van der Waals surface area contributed by atoms with Crippen LogP contribution in [0.2, 0.25) is 0 Å². The van der Waals surface area contributed by atoms with Gasteiger partial charge in [-0.1, -0.05) is 80.4 Å². The number of hydrogen-bond acceptors (Lipinski definition) is 7. The Morgan fingerprint density at radius 2 is 1.36 bits per heavy atom. The van der Waals surface area contributed by atoms with Crippen molar-refractivity contribution in [2.45, 2.75) is 26.2 Å². The molecular weight excluding hydrogens is 844 g/mol. The van der Waals surface area contributed by atoms with Gasteiger partial charge in [0, 0.05) is 23.7 Å². The quantitative estimate of drug-likeness (QED) is 0.163. The second-order valence-electron chi connectivity index (χ2n) is 14.1. The normalized spacial score (nSPS) is 13.1. The first-order chi connectivity index (χ1) is 25.4. The van der Waals surface area contributed by atoms with Gasteiger partial charge in [0.2, 0.25) is 0 Å². The zero-order valence-corrected chi connectivity index (χ0v) is 31.0. The van der Waals surface area contributed by atoms with Crippen molar-refractivity contribution in [2.75, 3.05) is 4.90 Å². The van der Waals surface area contributed by atoms with Crippen molar-refractivity contribution in [3.63, 3.8) is 0 Å². The number of para-hydroxylation sites is 3. The molecule has 0 fully saturated rings. The van der Waals surface area contributed by atoms with Crippen LogP contribution in [0.25, 0.3) is 38.9 Å². The second-order valence-corrected chi connectivity index (χ2v) is 14.1. The summed E-state index contributed by atoms with van der Waals surface area (Å²) in [5.41, 5.74) is 6.63. The average Bonchev–Trinajstić information content (AvgIpc) is 3.49. The fourth-order valence-electron chi connectivity index (χ4n) is 7.45. The van der Waals surface area contributed by atoms with Gasteiger partial charge in [0.1, 0.15) is 34.4 Å². The maximum absolute atomic E-state index is 6.82. The minimum absolute atomic E-state index is 0. The van der Waals surface area contributed by atoms with E-state index in [0.29, 0.717) is 62.9 Å². The SMILES string of the molecule is CC(C)(C)c1ccnc(-n2c3[c-]c(Oc4[c-]c(-c5ccccn5)c5c6c4Oc4cccc7c4N6c4c(cccc4O5)O7)ccc3c3ccccc32)c1.[Pt+2]. The summed E-state index contributed by atoms with van der Waals surface area (Å²) in [6.45, 7) is 6.62. The summed E-state index contributed by atoms with van der Waals surface area (Å²) >= 11 is 0. The topological polar surface area (TPSA) is 70.9 Å². The van der Waals surface area contributed by atoms with E-state index in [-0.39, 0.29) is 26.5 Å². The Kier molecular flexibility index (Phi) is 6.83. The van der Waals surface area contributed by atoms with Crippen molar-refractivity contribution < 1.29 is 40.0 Å². The molecule has 0 radical (unpaired) electrons. The summed E-state index contributed by atoms with van der Waals surface area (Å²) < 4.78 is 28.7. The molecule has 9 heteroatoms. The van der Waals surface area contributed by atoms with E-state index in [4.69, 9.17) is 28.9 Å². The molecular formula is C44H28N4O4Pt. The summed E-state index contributed by atoms with van der Waals surface area (Å²) in [7, 11) is 0. The minimum Gasteiger partial charge on any atom is -0.499 e. The fourth-order valence-corrected chi connectivity index (χ4v) is 7.45. The molecule has 258 valence electrons. The molecule has 8 nitrogen and oxygen atoms in total. The van der Waals surface area contributed by atoms with Gasteiger partial charge in [-0.2, -0.15) is 6.07 Å².